The predicted molar refractivity (Wildman–Crippen MR) is 44.8 cm³/mol. The lowest BCUT2D eigenvalue weighted by Crippen LogP contribution is -2.18. The van der Waals surface area contributed by atoms with Gasteiger partial charge in [0.1, 0.15) is 0 Å². The Morgan fingerprint density at radius 1 is 1.75 bits per heavy atom. The second-order valence-electron chi connectivity index (χ2n) is 3.21. The zero-order chi connectivity index (χ0) is 8.97. The van der Waals surface area contributed by atoms with E-state index >= 15 is 0 Å². The van der Waals surface area contributed by atoms with Crippen LogP contribution in [0.3, 0.4) is 0 Å². The van der Waals surface area contributed by atoms with Gasteiger partial charge in [-0.15, -0.1) is 0 Å². The molecule has 0 aromatic carbocycles. The molecule has 0 radical (unpaired) electrons. The number of carbonyl (C=O) groups is 1. The number of cyclic esters (lactones) is 1. The van der Waals surface area contributed by atoms with Crippen molar-refractivity contribution >= 4 is 5.97 Å². The Bertz CT molecular complexity index is 156. The molecule has 70 valence electrons. The Balaban J connectivity index is 2.18. The Morgan fingerprint density at radius 2 is 2.50 bits per heavy atom. The van der Waals surface area contributed by atoms with Crippen molar-refractivity contribution < 1.29 is 14.3 Å². The summed E-state index contributed by atoms with van der Waals surface area (Å²) in [6, 6.07) is 0. The molecule has 1 saturated heterocycles. The molecular formula is C9H16O3. The van der Waals surface area contributed by atoms with Gasteiger partial charge in [-0.05, 0) is 19.8 Å². The molecule has 12 heavy (non-hydrogen) atoms. The van der Waals surface area contributed by atoms with Gasteiger partial charge < -0.3 is 9.47 Å². The van der Waals surface area contributed by atoms with Gasteiger partial charge in [0.25, 0.3) is 0 Å². The standard InChI is InChI=1S/C9H16O3/c1-3-7(2)12-6-8-4-5-11-9(8)10/h7-8H,3-6H2,1-2H3. The third-order valence-corrected chi connectivity index (χ3v) is 2.20. The van der Waals surface area contributed by atoms with Crippen molar-refractivity contribution in [1.82, 2.24) is 0 Å². The number of carbonyl (C=O) groups excluding carboxylic acids is 1. The van der Waals surface area contributed by atoms with Crippen LogP contribution in [0.2, 0.25) is 0 Å². The average molecular weight is 172 g/mol. The van der Waals surface area contributed by atoms with Gasteiger partial charge in [-0.3, -0.25) is 4.79 Å². The first-order valence-corrected chi connectivity index (χ1v) is 4.52. The SMILES string of the molecule is CCC(C)OCC1CCOC1=O. The highest BCUT2D eigenvalue weighted by atomic mass is 16.5. The van der Waals surface area contributed by atoms with E-state index in [1.54, 1.807) is 0 Å². The molecule has 1 aliphatic heterocycles. The third-order valence-electron chi connectivity index (χ3n) is 2.20. The van der Waals surface area contributed by atoms with Gasteiger partial charge in [0.15, 0.2) is 0 Å². The topological polar surface area (TPSA) is 35.5 Å². The molecule has 0 aromatic rings. The molecule has 0 amide bonds. The molecule has 0 aliphatic carbocycles. The van der Waals surface area contributed by atoms with Crippen LogP contribution in [0.5, 0.6) is 0 Å². The Morgan fingerprint density at radius 3 is 3.00 bits per heavy atom. The van der Waals surface area contributed by atoms with E-state index in [-0.39, 0.29) is 18.0 Å². The van der Waals surface area contributed by atoms with E-state index < -0.39 is 0 Å². The van der Waals surface area contributed by atoms with Gasteiger partial charge in [0.05, 0.1) is 25.2 Å². The fraction of sp³-hybridized carbons (Fsp3) is 0.889. The maximum atomic E-state index is 11.0. The minimum absolute atomic E-state index is 0.0148. The summed E-state index contributed by atoms with van der Waals surface area (Å²) in [6.45, 7) is 5.17. The van der Waals surface area contributed by atoms with E-state index in [0.717, 1.165) is 12.8 Å². The molecule has 1 fully saturated rings. The molecule has 0 aromatic heterocycles. The summed E-state index contributed by atoms with van der Waals surface area (Å²) in [5.74, 6) is -0.114. The Hall–Kier alpha value is -0.570. The highest BCUT2D eigenvalue weighted by Crippen LogP contribution is 2.15. The molecular weight excluding hydrogens is 156 g/mol. The van der Waals surface area contributed by atoms with Crippen LogP contribution in [-0.2, 0) is 14.3 Å². The van der Waals surface area contributed by atoms with Gasteiger partial charge in [0, 0.05) is 0 Å². The van der Waals surface area contributed by atoms with Crippen molar-refractivity contribution in [2.45, 2.75) is 32.8 Å². The Kier molecular flexibility index (Phi) is 3.53. The molecule has 0 N–H and O–H groups in total. The van der Waals surface area contributed by atoms with E-state index in [1.165, 1.54) is 0 Å². The summed E-state index contributed by atoms with van der Waals surface area (Å²) in [7, 11) is 0. The average Bonchev–Trinajstić information content (AvgIpc) is 2.47. The lowest BCUT2D eigenvalue weighted by molar-refractivity contribution is -0.143. The summed E-state index contributed by atoms with van der Waals surface area (Å²) in [6.07, 6.45) is 2.05. The fourth-order valence-corrected chi connectivity index (χ4v) is 1.09. The van der Waals surface area contributed by atoms with E-state index in [0.29, 0.717) is 13.2 Å². The minimum Gasteiger partial charge on any atom is -0.465 e. The van der Waals surface area contributed by atoms with Crippen molar-refractivity contribution in [3.05, 3.63) is 0 Å². The zero-order valence-corrected chi connectivity index (χ0v) is 7.71. The van der Waals surface area contributed by atoms with E-state index in [1.807, 2.05) is 6.92 Å². The van der Waals surface area contributed by atoms with Crippen LogP contribution in [0.15, 0.2) is 0 Å². The highest BCUT2D eigenvalue weighted by molar-refractivity contribution is 5.74. The number of hydrogen-bond acceptors (Lipinski definition) is 3. The van der Waals surface area contributed by atoms with Crippen LogP contribution < -0.4 is 0 Å². The van der Waals surface area contributed by atoms with Gasteiger partial charge in [0.2, 0.25) is 0 Å². The quantitative estimate of drug-likeness (QED) is 0.601. The summed E-state index contributed by atoms with van der Waals surface area (Å²) < 4.78 is 10.3. The first-order chi connectivity index (χ1) is 5.74. The summed E-state index contributed by atoms with van der Waals surface area (Å²) in [4.78, 5) is 11.0. The maximum Gasteiger partial charge on any atom is 0.311 e. The number of ether oxygens (including phenoxy) is 2. The summed E-state index contributed by atoms with van der Waals surface area (Å²) in [5, 5.41) is 0. The molecule has 2 atom stereocenters. The van der Waals surface area contributed by atoms with Gasteiger partial charge in [-0.1, -0.05) is 6.92 Å². The molecule has 2 unspecified atom stereocenters. The zero-order valence-electron chi connectivity index (χ0n) is 7.71. The largest absolute Gasteiger partial charge is 0.465 e. The van der Waals surface area contributed by atoms with Gasteiger partial charge in [-0.25, -0.2) is 0 Å². The lowest BCUT2D eigenvalue weighted by Gasteiger charge is -2.12. The smallest absolute Gasteiger partial charge is 0.311 e. The molecule has 0 bridgehead atoms. The predicted octanol–water partition coefficient (Wildman–Crippen LogP) is 1.36. The monoisotopic (exact) mass is 172 g/mol. The molecule has 1 aliphatic rings. The molecule has 1 heterocycles. The highest BCUT2D eigenvalue weighted by Gasteiger charge is 2.26. The number of rotatable bonds is 4. The second-order valence-corrected chi connectivity index (χ2v) is 3.21. The van der Waals surface area contributed by atoms with Crippen molar-refractivity contribution in [3.8, 4) is 0 Å². The van der Waals surface area contributed by atoms with Crippen molar-refractivity contribution in [2.24, 2.45) is 5.92 Å². The van der Waals surface area contributed by atoms with Gasteiger partial charge in [-0.2, -0.15) is 0 Å². The summed E-state index contributed by atoms with van der Waals surface area (Å²) in [5.41, 5.74) is 0. The first-order valence-electron chi connectivity index (χ1n) is 4.52. The third kappa shape index (κ3) is 2.48. The first kappa shape index (κ1) is 9.52. The van der Waals surface area contributed by atoms with Crippen molar-refractivity contribution in [1.29, 1.82) is 0 Å². The fourth-order valence-electron chi connectivity index (χ4n) is 1.09. The normalized spacial score (nSPS) is 25.5. The molecule has 3 heteroatoms. The maximum absolute atomic E-state index is 11.0. The minimum atomic E-state index is -0.0988. The second kappa shape index (κ2) is 4.45. The van der Waals surface area contributed by atoms with Gasteiger partial charge >= 0.3 is 5.97 Å². The van der Waals surface area contributed by atoms with Crippen molar-refractivity contribution in [3.63, 3.8) is 0 Å². The summed E-state index contributed by atoms with van der Waals surface area (Å²) >= 11 is 0. The van der Waals surface area contributed by atoms with Crippen LogP contribution in [0.25, 0.3) is 0 Å². The van der Waals surface area contributed by atoms with Crippen molar-refractivity contribution in [2.75, 3.05) is 13.2 Å². The van der Waals surface area contributed by atoms with E-state index in [9.17, 15) is 4.79 Å². The lowest BCUT2D eigenvalue weighted by atomic mass is 10.1. The van der Waals surface area contributed by atoms with Crippen LogP contribution in [0.4, 0.5) is 0 Å². The Labute approximate surface area is 73.0 Å². The van der Waals surface area contributed by atoms with Crippen LogP contribution in [-0.4, -0.2) is 25.3 Å². The molecule has 3 nitrogen and oxygen atoms in total. The number of esters is 1. The van der Waals surface area contributed by atoms with Crippen LogP contribution in [0.1, 0.15) is 26.7 Å². The number of hydrogen-bond donors (Lipinski definition) is 0. The van der Waals surface area contributed by atoms with E-state index in [4.69, 9.17) is 9.47 Å². The van der Waals surface area contributed by atoms with E-state index in [2.05, 4.69) is 6.92 Å². The molecule has 1 rings (SSSR count). The van der Waals surface area contributed by atoms with Crippen LogP contribution >= 0.6 is 0 Å². The van der Waals surface area contributed by atoms with Crippen LogP contribution in [0, 0.1) is 5.92 Å². The molecule has 0 saturated carbocycles. The molecule has 0 spiro atoms.